The summed E-state index contributed by atoms with van der Waals surface area (Å²) in [5.41, 5.74) is 0.374. The van der Waals surface area contributed by atoms with Gasteiger partial charge in [0.05, 0.1) is 13.2 Å². The summed E-state index contributed by atoms with van der Waals surface area (Å²) < 4.78 is 11.5. The van der Waals surface area contributed by atoms with Gasteiger partial charge in [-0.2, -0.15) is 0 Å². The molecule has 2 heterocycles. The van der Waals surface area contributed by atoms with Gasteiger partial charge < -0.3 is 19.7 Å². The number of rotatable bonds is 2. The molecule has 4 saturated carbocycles. The standard InChI is InChI=1S/C20H32N2O3/c1-14(19-11-15-8-16(12-19)10-17(9-15)13-19)21-18(23)22-4-2-20(3-5-22)24-6-7-25-20/h14-17H,2-13H2,1H3,(H,21,23)/t14-,15?,16?,17?,19?/m1/s1. The van der Waals surface area contributed by atoms with Crippen LogP contribution in [0.5, 0.6) is 0 Å². The molecule has 6 fully saturated rings. The van der Waals surface area contributed by atoms with E-state index in [2.05, 4.69) is 12.2 Å². The molecule has 140 valence electrons. The lowest BCUT2D eigenvalue weighted by Crippen LogP contribution is -2.58. The third kappa shape index (κ3) is 2.78. The number of urea groups is 1. The van der Waals surface area contributed by atoms with E-state index in [-0.39, 0.29) is 6.03 Å². The van der Waals surface area contributed by atoms with E-state index in [1.807, 2.05) is 4.90 Å². The molecular weight excluding hydrogens is 316 g/mol. The number of ether oxygens (including phenoxy) is 2. The van der Waals surface area contributed by atoms with Gasteiger partial charge in [0, 0.05) is 32.0 Å². The van der Waals surface area contributed by atoms with Gasteiger partial charge >= 0.3 is 6.03 Å². The van der Waals surface area contributed by atoms with E-state index in [0.29, 0.717) is 24.7 Å². The smallest absolute Gasteiger partial charge is 0.317 e. The average Bonchev–Trinajstić information content (AvgIpc) is 3.02. The van der Waals surface area contributed by atoms with E-state index in [1.165, 1.54) is 38.5 Å². The number of piperidine rings is 1. The first-order chi connectivity index (χ1) is 12.1. The van der Waals surface area contributed by atoms with Gasteiger partial charge in [0.1, 0.15) is 0 Å². The Kier molecular flexibility index (Phi) is 3.83. The van der Waals surface area contributed by atoms with Crippen molar-refractivity contribution in [2.45, 2.75) is 70.1 Å². The number of nitrogens with zero attached hydrogens (tertiary/aromatic N) is 1. The fourth-order valence-corrected chi connectivity index (χ4v) is 6.97. The first kappa shape index (κ1) is 16.4. The predicted molar refractivity (Wildman–Crippen MR) is 94.0 cm³/mol. The lowest BCUT2D eigenvalue weighted by Gasteiger charge is -2.59. The predicted octanol–water partition coefficient (Wildman–Crippen LogP) is 3.14. The van der Waals surface area contributed by atoms with Gasteiger partial charge in [-0.05, 0) is 68.6 Å². The van der Waals surface area contributed by atoms with Crippen molar-refractivity contribution in [3.05, 3.63) is 0 Å². The van der Waals surface area contributed by atoms with Gasteiger partial charge in [-0.3, -0.25) is 0 Å². The molecule has 6 aliphatic rings. The van der Waals surface area contributed by atoms with Gasteiger partial charge in [0.15, 0.2) is 5.79 Å². The maximum atomic E-state index is 12.8. The van der Waals surface area contributed by atoms with Crippen molar-refractivity contribution < 1.29 is 14.3 Å². The molecule has 2 amide bonds. The van der Waals surface area contributed by atoms with E-state index in [4.69, 9.17) is 9.47 Å². The topological polar surface area (TPSA) is 50.8 Å². The number of hydrogen-bond donors (Lipinski definition) is 1. The number of hydrogen-bond acceptors (Lipinski definition) is 3. The van der Waals surface area contributed by atoms with Crippen LogP contribution in [0.4, 0.5) is 4.79 Å². The van der Waals surface area contributed by atoms with Crippen molar-refractivity contribution in [3.8, 4) is 0 Å². The molecule has 0 unspecified atom stereocenters. The van der Waals surface area contributed by atoms with Gasteiger partial charge in [0.25, 0.3) is 0 Å². The average molecular weight is 348 g/mol. The first-order valence-corrected chi connectivity index (χ1v) is 10.4. The number of carbonyl (C=O) groups is 1. The van der Waals surface area contributed by atoms with Gasteiger partial charge in [-0.25, -0.2) is 4.79 Å². The summed E-state index contributed by atoms with van der Waals surface area (Å²) in [7, 11) is 0. The normalized spacial score (nSPS) is 42.8. The summed E-state index contributed by atoms with van der Waals surface area (Å²) >= 11 is 0. The van der Waals surface area contributed by atoms with Crippen LogP contribution in [0.1, 0.15) is 58.3 Å². The zero-order chi connectivity index (χ0) is 17.1. The van der Waals surface area contributed by atoms with Crippen molar-refractivity contribution in [3.63, 3.8) is 0 Å². The van der Waals surface area contributed by atoms with Crippen molar-refractivity contribution >= 4 is 6.03 Å². The summed E-state index contributed by atoms with van der Waals surface area (Å²) in [4.78, 5) is 14.8. The van der Waals surface area contributed by atoms with Gasteiger partial charge in [-0.15, -0.1) is 0 Å². The fraction of sp³-hybridized carbons (Fsp3) is 0.950. The maximum Gasteiger partial charge on any atom is 0.317 e. The lowest BCUT2D eigenvalue weighted by atomic mass is 9.48. The summed E-state index contributed by atoms with van der Waals surface area (Å²) in [5, 5.41) is 3.39. The van der Waals surface area contributed by atoms with Crippen molar-refractivity contribution in [2.75, 3.05) is 26.3 Å². The van der Waals surface area contributed by atoms with Crippen LogP contribution in [0.15, 0.2) is 0 Å². The monoisotopic (exact) mass is 348 g/mol. The summed E-state index contributed by atoms with van der Waals surface area (Å²) in [6.45, 7) is 5.11. The minimum absolute atomic E-state index is 0.121. The summed E-state index contributed by atoms with van der Waals surface area (Å²) in [6, 6.07) is 0.416. The van der Waals surface area contributed by atoms with Crippen molar-refractivity contribution in [1.29, 1.82) is 0 Å². The van der Waals surface area contributed by atoms with Crippen LogP contribution in [0.25, 0.3) is 0 Å². The largest absolute Gasteiger partial charge is 0.347 e. The highest BCUT2D eigenvalue weighted by atomic mass is 16.7. The molecule has 0 aromatic rings. The molecule has 0 aromatic heterocycles. The molecule has 0 aromatic carbocycles. The number of carbonyl (C=O) groups excluding carboxylic acids is 1. The number of nitrogens with one attached hydrogen (secondary N) is 1. The van der Waals surface area contributed by atoms with Crippen LogP contribution in [0.2, 0.25) is 0 Å². The minimum atomic E-state index is -0.400. The molecular formula is C20H32N2O3. The molecule has 4 bridgehead atoms. The molecule has 5 heteroatoms. The van der Waals surface area contributed by atoms with Gasteiger partial charge in [-0.1, -0.05) is 0 Å². The Bertz CT molecular complexity index is 498. The third-order valence-electron chi connectivity index (χ3n) is 7.97. The molecule has 1 N–H and O–H groups in total. The molecule has 1 spiro atoms. The Morgan fingerprint density at radius 3 is 2.04 bits per heavy atom. The fourth-order valence-electron chi connectivity index (χ4n) is 6.97. The Morgan fingerprint density at radius 1 is 1.00 bits per heavy atom. The zero-order valence-corrected chi connectivity index (χ0v) is 15.5. The van der Waals surface area contributed by atoms with Crippen molar-refractivity contribution in [2.24, 2.45) is 23.2 Å². The molecule has 0 radical (unpaired) electrons. The maximum absolute atomic E-state index is 12.8. The number of likely N-dealkylation sites (tertiary alicyclic amines) is 1. The van der Waals surface area contributed by atoms with Crippen LogP contribution in [-0.4, -0.2) is 49.1 Å². The van der Waals surface area contributed by atoms with Crippen LogP contribution < -0.4 is 5.32 Å². The second kappa shape index (κ2) is 5.85. The molecule has 2 aliphatic heterocycles. The van der Waals surface area contributed by atoms with Crippen LogP contribution in [-0.2, 0) is 9.47 Å². The van der Waals surface area contributed by atoms with E-state index < -0.39 is 5.79 Å². The molecule has 2 saturated heterocycles. The Labute approximate surface area is 150 Å². The van der Waals surface area contributed by atoms with E-state index in [0.717, 1.165) is 43.7 Å². The van der Waals surface area contributed by atoms with Crippen molar-refractivity contribution in [1.82, 2.24) is 10.2 Å². The first-order valence-electron chi connectivity index (χ1n) is 10.4. The molecule has 4 aliphatic carbocycles. The SMILES string of the molecule is C[C@@H](NC(=O)N1CCC2(CC1)OCCO2)C12CC3CC(CC(C3)C1)C2. The molecule has 6 rings (SSSR count). The Morgan fingerprint density at radius 2 is 1.52 bits per heavy atom. The lowest BCUT2D eigenvalue weighted by molar-refractivity contribution is -0.181. The van der Waals surface area contributed by atoms with Crippen LogP contribution >= 0.6 is 0 Å². The minimum Gasteiger partial charge on any atom is -0.347 e. The second-order valence-electron chi connectivity index (χ2n) is 9.55. The summed E-state index contributed by atoms with van der Waals surface area (Å²) in [6.07, 6.45) is 9.97. The molecule has 5 nitrogen and oxygen atoms in total. The van der Waals surface area contributed by atoms with Crippen LogP contribution in [0, 0.1) is 23.2 Å². The summed E-state index contributed by atoms with van der Waals surface area (Å²) in [5.74, 6) is 2.38. The quantitative estimate of drug-likeness (QED) is 0.834. The molecule has 1 atom stereocenters. The highest BCUT2D eigenvalue weighted by Crippen LogP contribution is 2.61. The van der Waals surface area contributed by atoms with Gasteiger partial charge in [0.2, 0.25) is 0 Å². The number of amides is 2. The van der Waals surface area contributed by atoms with E-state index in [9.17, 15) is 4.79 Å². The van der Waals surface area contributed by atoms with Crippen LogP contribution in [0.3, 0.4) is 0 Å². The highest BCUT2D eigenvalue weighted by Gasteiger charge is 2.53. The highest BCUT2D eigenvalue weighted by molar-refractivity contribution is 5.74. The third-order valence-corrected chi connectivity index (χ3v) is 7.97. The zero-order valence-electron chi connectivity index (χ0n) is 15.5. The van der Waals surface area contributed by atoms with E-state index in [1.54, 1.807) is 0 Å². The van der Waals surface area contributed by atoms with E-state index >= 15 is 0 Å². The second-order valence-corrected chi connectivity index (χ2v) is 9.55. The Hall–Kier alpha value is -0.810. The molecule has 25 heavy (non-hydrogen) atoms. The Balaban J connectivity index is 1.20.